The molecule has 0 unspecified atom stereocenters. The van der Waals surface area contributed by atoms with Crippen LogP contribution in [0.15, 0.2) is 36.4 Å². The molecular weight excluding hydrogens is 212 g/mol. The first kappa shape index (κ1) is 10.3. The predicted molar refractivity (Wildman–Crippen MR) is 67.2 cm³/mol. The van der Waals surface area contributed by atoms with E-state index in [1.807, 2.05) is 25.1 Å². The second-order valence-electron chi connectivity index (χ2n) is 4.92. The zero-order chi connectivity index (χ0) is 12.0. The van der Waals surface area contributed by atoms with Crippen LogP contribution in [0.2, 0.25) is 0 Å². The van der Waals surface area contributed by atoms with E-state index in [1.54, 1.807) is 0 Å². The van der Waals surface area contributed by atoms with E-state index in [-0.39, 0.29) is 0 Å². The fourth-order valence-corrected chi connectivity index (χ4v) is 2.53. The van der Waals surface area contributed by atoms with Crippen LogP contribution in [-0.2, 0) is 10.2 Å². The van der Waals surface area contributed by atoms with Crippen LogP contribution in [0.1, 0.15) is 24.0 Å². The normalized spacial score (nSPS) is 17.0. The second-order valence-corrected chi connectivity index (χ2v) is 4.92. The molecule has 1 aliphatic carbocycles. The second kappa shape index (κ2) is 3.33. The SMILES string of the molecule is Cc1ccc2cccc(C3(C(=O)O)CC3)c2c1. The fraction of sp³-hybridized carbons (Fsp3) is 0.267. The minimum Gasteiger partial charge on any atom is -0.481 e. The number of fused-ring (bicyclic) bond motifs is 1. The Kier molecular flexibility index (Phi) is 2.02. The van der Waals surface area contributed by atoms with Crippen LogP contribution in [0.5, 0.6) is 0 Å². The smallest absolute Gasteiger partial charge is 0.314 e. The van der Waals surface area contributed by atoms with Crippen LogP contribution >= 0.6 is 0 Å². The summed E-state index contributed by atoms with van der Waals surface area (Å²) in [4.78, 5) is 11.4. The molecule has 1 N–H and O–H groups in total. The number of carbonyl (C=O) groups is 1. The van der Waals surface area contributed by atoms with Gasteiger partial charge in [-0.15, -0.1) is 0 Å². The third-order valence-corrected chi connectivity index (χ3v) is 3.71. The van der Waals surface area contributed by atoms with Crippen LogP contribution in [-0.4, -0.2) is 11.1 Å². The third-order valence-electron chi connectivity index (χ3n) is 3.71. The Balaban J connectivity index is 2.30. The molecule has 1 aliphatic rings. The maximum atomic E-state index is 11.4. The van der Waals surface area contributed by atoms with Crippen LogP contribution in [0, 0.1) is 6.92 Å². The Morgan fingerprint density at radius 1 is 1.24 bits per heavy atom. The van der Waals surface area contributed by atoms with E-state index in [2.05, 4.69) is 18.2 Å². The van der Waals surface area contributed by atoms with Crippen molar-refractivity contribution in [3.05, 3.63) is 47.5 Å². The van der Waals surface area contributed by atoms with Gasteiger partial charge in [-0.3, -0.25) is 4.79 Å². The molecule has 86 valence electrons. The summed E-state index contributed by atoms with van der Waals surface area (Å²) in [6.45, 7) is 2.04. The van der Waals surface area contributed by atoms with E-state index in [4.69, 9.17) is 0 Å². The highest BCUT2D eigenvalue weighted by Gasteiger charge is 2.52. The van der Waals surface area contributed by atoms with Gasteiger partial charge in [-0.1, -0.05) is 42.0 Å². The largest absolute Gasteiger partial charge is 0.481 e. The number of carboxylic acids is 1. The van der Waals surface area contributed by atoms with Gasteiger partial charge in [0.1, 0.15) is 0 Å². The summed E-state index contributed by atoms with van der Waals surface area (Å²) in [5.41, 5.74) is 1.53. The molecule has 0 aliphatic heterocycles. The topological polar surface area (TPSA) is 37.3 Å². The summed E-state index contributed by atoms with van der Waals surface area (Å²) in [5.74, 6) is -0.688. The van der Waals surface area contributed by atoms with Gasteiger partial charge in [-0.05, 0) is 36.1 Å². The highest BCUT2D eigenvalue weighted by Crippen LogP contribution is 2.50. The van der Waals surface area contributed by atoms with Crippen molar-refractivity contribution in [1.29, 1.82) is 0 Å². The summed E-state index contributed by atoms with van der Waals surface area (Å²) in [6.07, 6.45) is 1.52. The number of aryl methyl sites for hydroxylation is 1. The monoisotopic (exact) mass is 226 g/mol. The molecule has 0 saturated heterocycles. The maximum absolute atomic E-state index is 11.4. The zero-order valence-corrected chi connectivity index (χ0v) is 9.73. The first-order valence-corrected chi connectivity index (χ1v) is 5.87. The number of carboxylic acid groups (broad SMARTS) is 1. The van der Waals surface area contributed by atoms with E-state index in [9.17, 15) is 9.90 Å². The third kappa shape index (κ3) is 1.44. The number of benzene rings is 2. The lowest BCUT2D eigenvalue weighted by molar-refractivity contribution is -0.139. The highest BCUT2D eigenvalue weighted by molar-refractivity contribution is 5.95. The van der Waals surface area contributed by atoms with Crippen LogP contribution in [0.4, 0.5) is 0 Å². The molecule has 1 saturated carbocycles. The molecule has 0 bridgehead atoms. The molecule has 0 radical (unpaired) electrons. The van der Waals surface area contributed by atoms with Gasteiger partial charge in [0, 0.05) is 0 Å². The van der Waals surface area contributed by atoms with Crippen molar-refractivity contribution < 1.29 is 9.90 Å². The molecule has 0 atom stereocenters. The zero-order valence-electron chi connectivity index (χ0n) is 9.73. The molecule has 2 aromatic carbocycles. The summed E-state index contributed by atoms with van der Waals surface area (Å²) in [7, 11) is 0. The number of hydrogen-bond acceptors (Lipinski definition) is 1. The first-order valence-electron chi connectivity index (χ1n) is 5.87. The van der Waals surface area contributed by atoms with Gasteiger partial charge >= 0.3 is 5.97 Å². The van der Waals surface area contributed by atoms with Gasteiger partial charge < -0.3 is 5.11 Å². The van der Waals surface area contributed by atoms with Crippen LogP contribution in [0.25, 0.3) is 10.8 Å². The van der Waals surface area contributed by atoms with Crippen LogP contribution in [0.3, 0.4) is 0 Å². The van der Waals surface area contributed by atoms with Gasteiger partial charge in [-0.25, -0.2) is 0 Å². The molecule has 0 aromatic heterocycles. The highest BCUT2D eigenvalue weighted by atomic mass is 16.4. The lowest BCUT2D eigenvalue weighted by Gasteiger charge is -2.13. The molecule has 17 heavy (non-hydrogen) atoms. The summed E-state index contributed by atoms with van der Waals surface area (Å²) >= 11 is 0. The van der Waals surface area contributed by atoms with Gasteiger partial charge in [0.2, 0.25) is 0 Å². The Morgan fingerprint density at radius 3 is 2.65 bits per heavy atom. The predicted octanol–water partition coefficient (Wildman–Crippen LogP) is 3.26. The minimum absolute atomic E-state index is 0.618. The van der Waals surface area contributed by atoms with Crippen molar-refractivity contribution >= 4 is 16.7 Å². The maximum Gasteiger partial charge on any atom is 0.314 e. The standard InChI is InChI=1S/C15H14O2/c1-10-5-6-11-3-2-4-13(12(11)9-10)15(7-8-15)14(16)17/h2-6,9H,7-8H2,1H3,(H,16,17). The van der Waals surface area contributed by atoms with Crippen molar-refractivity contribution in [2.45, 2.75) is 25.2 Å². The fourth-order valence-electron chi connectivity index (χ4n) is 2.53. The molecule has 0 spiro atoms. The van der Waals surface area contributed by atoms with Gasteiger partial charge in [-0.2, -0.15) is 0 Å². The number of rotatable bonds is 2. The first-order chi connectivity index (χ1) is 8.13. The van der Waals surface area contributed by atoms with E-state index in [0.717, 1.165) is 29.2 Å². The van der Waals surface area contributed by atoms with Crippen molar-refractivity contribution in [2.24, 2.45) is 0 Å². The van der Waals surface area contributed by atoms with E-state index >= 15 is 0 Å². The molecule has 3 rings (SSSR count). The molecule has 2 aromatic rings. The van der Waals surface area contributed by atoms with E-state index in [0.29, 0.717) is 0 Å². The van der Waals surface area contributed by atoms with Gasteiger partial charge in [0.25, 0.3) is 0 Å². The quantitative estimate of drug-likeness (QED) is 0.853. The number of hydrogen-bond donors (Lipinski definition) is 1. The molecule has 2 heteroatoms. The Bertz CT molecular complexity index is 609. The van der Waals surface area contributed by atoms with Crippen molar-refractivity contribution in [3.63, 3.8) is 0 Å². The minimum atomic E-state index is -0.688. The van der Waals surface area contributed by atoms with E-state index in [1.165, 1.54) is 5.56 Å². The average Bonchev–Trinajstić information content (AvgIpc) is 3.09. The lowest BCUT2D eigenvalue weighted by atomic mass is 9.90. The molecule has 0 heterocycles. The van der Waals surface area contributed by atoms with Crippen molar-refractivity contribution in [3.8, 4) is 0 Å². The molecule has 2 nitrogen and oxygen atoms in total. The average molecular weight is 226 g/mol. The van der Waals surface area contributed by atoms with Gasteiger partial charge in [0.05, 0.1) is 5.41 Å². The summed E-state index contributed by atoms with van der Waals surface area (Å²) in [5, 5.41) is 11.6. The summed E-state index contributed by atoms with van der Waals surface area (Å²) < 4.78 is 0. The van der Waals surface area contributed by atoms with Gasteiger partial charge in [0.15, 0.2) is 0 Å². The number of aliphatic carboxylic acids is 1. The van der Waals surface area contributed by atoms with Crippen molar-refractivity contribution in [1.82, 2.24) is 0 Å². The molecule has 1 fully saturated rings. The van der Waals surface area contributed by atoms with Crippen molar-refractivity contribution in [2.75, 3.05) is 0 Å². The molecular formula is C15H14O2. The summed E-state index contributed by atoms with van der Waals surface area (Å²) in [6, 6.07) is 12.2. The molecule has 0 amide bonds. The Hall–Kier alpha value is -1.83. The van der Waals surface area contributed by atoms with E-state index < -0.39 is 11.4 Å². The Labute approximate surface area is 99.9 Å². The lowest BCUT2D eigenvalue weighted by Crippen LogP contribution is -2.19. The van der Waals surface area contributed by atoms with Crippen LogP contribution < -0.4 is 0 Å². The Morgan fingerprint density at radius 2 is 2.00 bits per heavy atom.